The van der Waals surface area contributed by atoms with Gasteiger partial charge in [-0.3, -0.25) is 24.1 Å². The fraction of sp³-hybridized carbons (Fsp3) is 0.389. The van der Waals surface area contributed by atoms with Gasteiger partial charge in [0.25, 0.3) is 17.6 Å². The van der Waals surface area contributed by atoms with Crippen LogP contribution in [-0.2, 0) is 19.1 Å². The molecule has 1 atom stereocenters. The van der Waals surface area contributed by atoms with Crippen molar-refractivity contribution < 1.29 is 23.9 Å². The van der Waals surface area contributed by atoms with Gasteiger partial charge in [-0.25, -0.2) is 0 Å². The van der Waals surface area contributed by atoms with Crippen LogP contribution in [0.25, 0.3) is 0 Å². The molecule has 2 amide bonds. The van der Waals surface area contributed by atoms with Crippen LogP contribution in [0.5, 0.6) is 0 Å². The monoisotopic (exact) mass is 357 g/mol. The molecule has 2 rings (SSSR count). The molecule has 0 spiro atoms. The molecule has 1 heterocycles. The lowest BCUT2D eigenvalue weighted by Crippen LogP contribution is -2.50. The van der Waals surface area contributed by atoms with Crippen molar-refractivity contribution in [3.05, 3.63) is 29.8 Å². The van der Waals surface area contributed by atoms with Gasteiger partial charge in [0.05, 0.1) is 17.3 Å². The maximum atomic E-state index is 12.0. The Balaban J connectivity index is 1.94. The van der Waals surface area contributed by atoms with Crippen molar-refractivity contribution in [3.63, 3.8) is 0 Å². The van der Waals surface area contributed by atoms with Crippen molar-refractivity contribution in [1.29, 1.82) is 5.26 Å². The molecule has 0 aromatic heterocycles. The Morgan fingerprint density at radius 1 is 1.31 bits per heavy atom. The first kappa shape index (κ1) is 19.1. The first-order chi connectivity index (χ1) is 12.2. The number of ether oxygens (including phenoxy) is 1. The number of nitrogens with one attached hydrogen (secondary N) is 1. The number of fused-ring (bicyclic) bond motifs is 1. The van der Waals surface area contributed by atoms with Gasteiger partial charge in [-0.1, -0.05) is 26.0 Å². The van der Waals surface area contributed by atoms with E-state index in [9.17, 15) is 24.4 Å². The highest BCUT2D eigenvalue weighted by Gasteiger charge is 2.37. The van der Waals surface area contributed by atoms with Crippen molar-refractivity contribution in [3.8, 4) is 6.07 Å². The molecule has 1 aliphatic heterocycles. The summed E-state index contributed by atoms with van der Waals surface area (Å²) in [6.07, 6.45) is 0. The molecule has 8 heteroatoms. The Labute approximate surface area is 150 Å². The lowest BCUT2D eigenvalue weighted by atomic mass is 9.90. The summed E-state index contributed by atoms with van der Waals surface area (Å²) in [5, 5.41) is 11.7. The molecule has 0 radical (unpaired) electrons. The summed E-state index contributed by atoms with van der Waals surface area (Å²) >= 11 is 0. The van der Waals surface area contributed by atoms with E-state index in [1.807, 2.05) is 6.07 Å². The fourth-order valence-electron chi connectivity index (χ4n) is 2.35. The van der Waals surface area contributed by atoms with Gasteiger partial charge in [0.2, 0.25) is 0 Å². The second-order valence-corrected chi connectivity index (χ2v) is 6.42. The third-order valence-electron chi connectivity index (χ3n) is 4.32. The number of carbonyl (C=O) groups is 4. The number of hydrogen-bond acceptors (Lipinski definition) is 6. The largest absolute Gasteiger partial charge is 0.454 e. The maximum absolute atomic E-state index is 12.0. The number of carbonyl (C=O) groups excluding carboxylic acids is 4. The van der Waals surface area contributed by atoms with E-state index in [2.05, 4.69) is 5.32 Å². The van der Waals surface area contributed by atoms with Crippen LogP contribution in [0.1, 0.15) is 31.1 Å². The van der Waals surface area contributed by atoms with Crippen LogP contribution in [-0.4, -0.2) is 42.3 Å². The van der Waals surface area contributed by atoms with E-state index >= 15 is 0 Å². The first-order valence-electron chi connectivity index (χ1n) is 8.02. The molecule has 136 valence electrons. The molecule has 1 aliphatic rings. The molecule has 0 fully saturated rings. The maximum Gasteiger partial charge on any atom is 0.326 e. The van der Waals surface area contributed by atoms with E-state index in [-0.39, 0.29) is 11.5 Å². The van der Waals surface area contributed by atoms with Gasteiger partial charge in [0.15, 0.2) is 6.61 Å². The van der Waals surface area contributed by atoms with Gasteiger partial charge in [-0.15, -0.1) is 0 Å². The quantitative estimate of drug-likeness (QED) is 0.595. The summed E-state index contributed by atoms with van der Waals surface area (Å²) in [6, 6.07) is 8.34. The number of ketones is 1. The Morgan fingerprint density at radius 2 is 1.96 bits per heavy atom. The molecule has 8 nitrogen and oxygen atoms in total. The SMILES string of the molecule is CC(C)[C@](C)(C#N)NC(=O)COC(=O)CN1C(=O)C(=O)c2ccccc21. The molecule has 26 heavy (non-hydrogen) atoms. The second kappa shape index (κ2) is 7.35. The predicted octanol–water partition coefficient (Wildman–Crippen LogP) is 0.814. The van der Waals surface area contributed by atoms with Gasteiger partial charge in [0.1, 0.15) is 12.1 Å². The number of esters is 1. The normalized spacial score (nSPS) is 15.3. The number of anilines is 1. The third kappa shape index (κ3) is 3.72. The third-order valence-corrected chi connectivity index (χ3v) is 4.32. The highest BCUT2D eigenvalue weighted by molar-refractivity contribution is 6.52. The van der Waals surface area contributed by atoms with Crippen molar-refractivity contribution in [1.82, 2.24) is 5.32 Å². The molecular weight excluding hydrogens is 338 g/mol. The zero-order chi connectivity index (χ0) is 19.5. The number of amides is 2. The van der Waals surface area contributed by atoms with Gasteiger partial charge in [-0.05, 0) is 25.0 Å². The smallest absolute Gasteiger partial charge is 0.326 e. The van der Waals surface area contributed by atoms with Crippen molar-refractivity contribution in [2.75, 3.05) is 18.1 Å². The number of para-hydroxylation sites is 1. The first-order valence-corrected chi connectivity index (χ1v) is 8.02. The molecular formula is C18H19N3O5. The summed E-state index contributed by atoms with van der Waals surface area (Å²) in [7, 11) is 0. The predicted molar refractivity (Wildman–Crippen MR) is 91.1 cm³/mol. The van der Waals surface area contributed by atoms with Crippen LogP contribution in [0, 0.1) is 17.2 Å². The Hall–Kier alpha value is -3.21. The van der Waals surface area contributed by atoms with Crippen LogP contribution in [0.15, 0.2) is 24.3 Å². The van der Waals surface area contributed by atoms with E-state index < -0.39 is 42.3 Å². The van der Waals surface area contributed by atoms with Crippen LogP contribution in [0.4, 0.5) is 5.69 Å². The van der Waals surface area contributed by atoms with Crippen molar-refractivity contribution >= 4 is 29.3 Å². The standard InChI is InChI=1S/C18H19N3O5/c1-11(2)18(3,10-19)20-14(22)9-26-15(23)8-21-13-7-5-4-6-12(13)16(24)17(21)25/h4-7,11H,8-9H2,1-3H3,(H,20,22)/t18-/m0/s1. The number of nitrogens with zero attached hydrogens (tertiary/aromatic N) is 2. The lowest BCUT2D eigenvalue weighted by molar-refractivity contribution is -0.148. The van der Waals surface area contributed by atoms with Gasteiger partial charge < -0.3 is 10.1 Å². The minimum Gasteiger partial charge on any atom is -0.454 e. The number of Topliss-reactive ketones (excluding diaryl/α,β-unsaturated/α-hetero) is 1. The molecule has 1 aromatic rings. The summed E-state index contributed by atoms with van der Waals surface area (Å²) in [5.74, 6) is -3.10. The lowest BCUT2D eigenvalue weighted by Gasteiger charge is -2.27. The van der Waals surface area contributed by atoms with E-state index in [0.29, 0.717) is 5.69 Å². The number of hydrogen-bond donors (Lipinski definition) is 1. The Kier molecular flexibility index (Phi) is 5.41. The minimum absolute atomic E-state index is 0.142. The zero-order valence-corrected chi connectivity index (χ0v) is 14.7. The fourth-order valence-corrected chi connectivity index (χ4v) is 2.35. The molecule has 1 aromatic carbocycles. The Bertz CT molecular complexity index is 811. The average Bonchev–Trinajstić information content (AvgIpc) is 2.85. The van der Waals surface area contributed by atoms with E-state index in [1.165, 1.54) is 6.07 Å². The Morgan fingerprint density at radius 3 is 2.58 bits per heavy atom. The second-order valence-electron chi connectivity index (χ2n) is 6.42. The molecule has 0 saturated heterocycles. The molecule has 0 aliphatic carbocycles. The molecule has 0 bridgehead atoms. The summed E-state index contributed by atoms with van der Waals surface area (Å²) in [5.41, 5.74) is -0.523. The van der Waals surface area contributed by atoms with Gasteiger partial charge >= 0.3 is 5.97 Å². The molecule has 1 N–H and O–H groups in total. The topological polar surface area (TPSA) is 117 Å². The van der Waals surface area contributed by atoms with Crippen LogP contribution in [0.3, 0.4) is 0 Å². The van der Waals surface area contributed by atoms with Gasteiger partial charge in [-0.2, -0.15) is 5.26 Å². The van der Waals surface area contributed by atoms with Crippen LogP contribution >= 0.6 is 0 Å². The number of benzene rings is 1. The summed E-state index contributed by atoms with van der Waals surface area (Å²) in [6.45, 7) is 4.07. The van der Waals surface area contributed by atoms with Gasteiger partial charge in [0, 0.05) is 0 Å². The highest BCUT2D eigenvalue weighted by Crippen LogP contribution is 2.28. The highest BCUT2D eigenvalue weighted by atomic mass is 16.5. The van der Waals surface area contributed by atoms with E-state index in [0.717, 1.165) is 4.90 Å². The van der Waals surface area contributed by atoms with Crippen LogP contribution in [0.2, 0.25) is 0 Å². The average molecular weight is 357 g/mol. The van der Waals surface area contributed by atoms with E-state index in [4.69, 9.17) is 4.74 Å². The molecule has 0 unspecified atom stereocenters. The minimum atomic E-state index is -1.08. The van der Waals surface area contributed by atoms with Crippen LogP contribution < -0.4 is 10.2 Å². The number of rotatable bonds is 6. The van der Waals surface area contributed by atoms with Crippen molar-refractivity contribution in [2.45, 2.75) is 26.3 Å². The van der Waals surface area contributed by atoms with E-state index in [1.54, 1.807) is 39.0 Å². The van der Waals surface area contributed by atoms with Crippen molar-refractivity contribution in [2.24, 2.45) is 5.92 Å². The molecule has 0 saturated carbocycles. The summed E-state index contributed by atoms with van der Waals surface area (Å²) in [4.78, 5) is 48.7. The summed E-state index contributed by atoms with van der Waals surface area (Å²) < 4.78 is 4.87. The zero-order valence-electron chi connectivity index (χ0n) is 14.7. The number of nitriles is 1.